The molecule has 2 atom stereocenters. The van der Waals surface area contributed by atoms with Gasteiger partial charge in [-0.25, -0.2) is 13.8 Å². The van der Waals surface area contributed by atoms with Crippen molar-refractivity contribution in [1.29, 1.82) is 0 Å². The first kappa shape index (κ1) is 20.3. The highest BCUT2D eigenvalue weighted by atomic mass is 35.5. The van der Waals surface area contributed by atoms with Crippen molar-refractivity contribution >= 4 is 34.4 Å². The van der Waals surface area contributed by atoms with Crippen LogP contribution >= 0.6 is 11.6 Å². The van der Waals surface area contributed by atoms with E-state index in [4.69, 9.17) is 11.6 Å². The van der Waals surface area contributed by atoms with Crippen LogP contribution < -0.4 is 15.9 Å². The van der Waals surface area contributed by atoms with E-state index in [2.05, 4.69) is 10.4 Å². The highest BCUT2D eigenvalue weighted by Gasteiger charge is 2.44. The van der Waals surface area contributed by atoms with E-state index < -0.39 is 17.2 Å². The lowest BCUT2D eigenvalue weighted by Crippen LogP contribution is -2.39. The number of benzene rings is 2. The number of halogens is 3. The summed E-state index contributed by atoms with van der Waals surface area (Å²) in [6, 6.07) is 8.87. The molecule has 1 fully saturated rings. The second-order valence-corrected chi connectivity index (χ2v) is 7.76. The molecular weight excluding hydrogens is 414 g/mol. The predicted octanol–water partition coefficient (Wildman–Crippen LogP) is 3.66. The van der Waals surface area contributed by atoms with Crippen LogP contribution in [0.2, 0.25) is 5.02 Å². The number of nitrogens with one attached hydrogen (secondary N) is 1. The molecule has 0 bridgehead atoms. The molecule has 6 nitrogen and oxygen atoms in total. The van der Waals surface area contributed by atoms with Gasteiger partial charge in [-0.3, -0.25) is 15.0 Å². The van der Waals surface area contributed by atoms with Crippen molar-refractivity contribution in [3.05, 3.63) is 69.0 Å². The van der Waals surface area contributed by atoms with Gasteiger partial charge < -0.3 is 4.90 Å². The molecule has 0 spiro atoms. The van der Waals surface area contributed by atoms with Gasteiger partial charge in [0.25, 0.3) is 5.56 Å². The lowest BCUT2D eigenvalue weighted by Gasteiger charge is -2.21. The van der Waals surface area contributed by atoms with Gasteiger partial charge in [0.1, 0.15) is 17.0 Å². The Morgan fingerprint density at radius 3 is 2.67 bits per heavy atom. The molecule has 2 unspecified atom stereocenters. The summed E-state index contributed by atoms with van der Waals surface area (Å²) in [6.45, 7) is 2.29. The van der Waals surface area contributed by atoms with E-state index in [-0.39, 0.29) is 34.6 Å². The average Bonchev–Trinajstić information content (AvgIpc) is 3.50. The number of hydrogen-bond acceptors (Lipinski definition) is 4. The predicted molar refractivity (Wildman–Crippen MR) is 112 cm³/mol. The molecule has 1 heterocycles. The van der Waals surface area contributed by atoms with Gasteiger partial charge in [-0.2, -0.15) is 4.68 Å². The minimum absolute atomic E-state index is 0.0181. The zero-order chi connectivity index (χ0) is 21.6. The summed E-state index contributed by atoms with van der Waals surface area (Å²) >= 11 is 5.91. The van der Waals surface area contributed by atoms with Crippen LogP contribution in [0.4, 0.5) is 14.7 Å². The fraction of sp³-hybridized carbons (Fsp3) is 0.286. The molecule has 9 heteroatoms. The van der Waals surface area contributed by atoms with Crippen molar-refractivity contribution in [3.8, 4) is 0 Å². The Labute approximate surface area is 176 Å². The summed E-state index contributed by atoms with van der Waals surface area (Å²) in [6.07, 6.45) is 0.627. The van der Waals surface area contributed by atoms with Crippen molar-refractivity contribution in [2.75, 3.05) is 23.9 Å². The van der Waals surface area contributed by atoms with Crippen LogP contribution in [0.1, 0.15) is 24.8 Å². The van der Waals surface area contributed by atoms with Crippen LogP contribution in [0.25, 0.3) is 10.9 Å². The third-order valence-electron chi connectivity index (χ3n) is 5.33. The lowest BCUT2D eigenvalue weighted by molar-refractivity contribution is -0.118. The second-order valence-electron chi connectivity index (χ2n) is 7.32. The summed E-state index contributed by atoms with van der Waals surface area (Å²) in [5.74, 6) is -2.44. The number of hydrogen-bond donors (Lipinski definition) is 1. The van der Waals surface area contributed by atoms with Gasteiger partial charge in [-0.15, -0.1) is 0 Å². The minimum atomic E-state index is -1.03. The maximum Gasteiger partial charge on any atom is 0.284 e. The zero-order valence-corrected chi connectivity index (χ0v) is 17.1. The summed E-state index contributed by atoms with van der Waals surface area (Å²) in [7, 11) is 1.67. The van der Waals surface area contributed by atoms with E-state index in [1.807, 2.05) is 19.1 Å². The van der Waals surface area contributed by atoms with Gasteiger partial charge in [0.15, 0.2) is 0 Å². The summed E-state index contributed by atoms with van der Waals surface area (Å²) in [5, 5.41) is 0.231. The highest BCUT2D eigenvalue weighted by molar-refractivity contribution is 6.30. The number of carbonyl (C=O) groups is 1. The Hall–Kier alpha value is -3.00. The number of carbonyl (C=O) groups excluding carboxylic acids is 1. The average molecular weight is 433 g/mol. The molecule has 0 aliphatic heterocycles. The molecule has 0 saturated heterocycles. The normalized spacial score (nSPS) is 17.8. The fourth-order valence-electron chi connectivity index (χ4n) is 3.47. The molecule has 1 N–H and O–H groups in total. The van der Waals surface area contributed by atoms with Crippen molar-refractivity contribution in [2.24, 2.45) is 5.92 Å². The van der Waals surface area contributed by atoms with Gasteiger partial charge in [0.2, 0.25) is 11.9 Å². The van der Waals surface area contributed by atoms with Crippen LogP contribution in [0.15, 0.2) is 41.2 Å². The molecule has 0 radical (unpaired) electrons. The molecule has 3 aromatic rings. The summed E-state index contributed by atoms with van der Waals surface area (Å²) in [5.41, 5.74) is 2.65. The third-order valence-corrected chi connectivity index (χ3v) is 5.59. The Morgan fingerprint density at radius 2 is 2.00 bits per heavy atom. The first-order chi connectivity index (χ1) is 14.3. The van der Waals surface area contributed by atoms with Crippen LogP contribution in [-0.2, 0) is 4.79 Å². The molecule has 1 amide bonds. The number of rotatable bonds is 5. The molecule has 1 aliphatic carbocycles. The van der Waals surface area contributed by atoms with E-state index in [0.29, 0.717) is 24.1 Å². The maximum atomic E-state index is 14.3. The topological polar surface area (TPSA) is 67.2 Å². The number of nitrogens with zero attached hydrogens (tertiary/aromatic N) is 3. The van der Waals surface area contributed by atoms with Crippen LogP contribution in [0, 0.1) is 17.6 Å². The third kappa shape index (κ3) is 3.63. The Morgan fingerprint density at radius 1 is 1.30 bits per heavy atom. The monoisotopic (exact) mass is 432 g/mol. The maximum absolute atomic E-state index is 14.3. The van der Waals surface area contributed by atoms with Crippen molar-refractivity contribution < 1.29 is 13.6 Å². The molecule has 4 rings (SSSR count). The van der Waals surface area contributed by atoms with E-state index >= 15 is 0 Å². The standard InChI is InChI=1S/C21H19ClF2N4O2/c1-3-27(2)21-25-17-9-13(23)8-16(24)18(17)20(30)28(21)26-19(29)15-10-14(15)11-4-6-12(22)7-5-11/h4-9,14-15H,3,10H2,1-2H3,(H,26,29). The number of fused-ring (bicyclic) bond motifs is 1. The first-order valence-corrected chi connectivity index (χ1v) is 9.87. The number of anilines is 1. The zero-order valence-electron chi connectivity index (χ0n) is 16.3. The van der Waals surface area contributed by atoms with Gasteiger partial charge >= 0.3 is 0 Å². The molecule has 156 valence electrons. The Balaban J connectivity index is 1.69. The summed E-state index contributed by atoms with van der Waals surface area (Å²) in [4.78, 5) is 31.6. The van der Waals surface area contributed by atoms with Crippen molar-refractivity contribution in [3.63, 3.8) is 0 Å². The molecule has 1 aliphatic rings. The van der Waals surface area contributed by atoms with Gasteiger partial charge in [0, 0.05) is 36.7 Å². The molecule has 1 aromatic heterocycles. The van der Waals surface area contributed by atoms with E-state index in [1.54, 1.807) is 24.1 Å². The fourth-order valence-corrected chi connectivity index (χ4v) is 3.60. The van der Waals surface area contributed by atoms with Gasteiger partial charge in [0.05, 0.1) is 5.52 Å². The second kappa shape index (κ2) is 7.68. The quantitative estimate of drug-likeness (QED) is 0.668. The Kier molecular flexibility index (Phi) is 5.19. The van der Waals surface area contributed by atoms with Crippen LogP contribution in [0.3, 0.4) is 0 Å². The van der Waals surface area contributed by atoms with Gasteiger partial charge in [-0.05, 0) is 37.0 Å². The number of amides is 1. The molecule has 1 saturated carbocycles. The molecule has 30 heavy (non-hydrogen) atoms. The molecular formula is C21H19ClF2N4O2. The van der Waals surface area contributed by atoms with Gasteiger partial charge in [-0.1, -0.05) is 23.7 Å². The van der Waals surface area contributed by atoms with E-state index in [1.165, 1.54) is 0 Å². The smallest absolute Gasteiger partial charge is 0.284 e. The molecule has 2 aromatic carbocycles. The number of aromatic nitrogens is 2. The van der Waals surface area contributed by atoms with Crippen molar-refractivity contribution in [2.45, 2.75) is 19.3 Å². The minimum Gasteiger partial charge on any atom is -0.344 e. The largest absolute Gasteiger partial charge is 0.344 e. The van der Waals surface area contributed by atoms with Crippen LogP contribution in [0.5, 0.6) is 0 Å². The highest BCUT2D eigenvalue weighted by Crippen LogP contribution is 2.47. The lowest BCUT2D eigenvalue weighted by atomic mass is 10.1. The SMILES string of the molecule is CCN(C)c1nc2cc(F)cc(F)c2c(=O)n1NC(=O)C1CC1c1ccc(Cl)cc1. The Bertz CT molecular complexity index is 1200. The summed E-state index contributed by atoms with van der Waals surface area (Å²) < 4.78 is 28.9. The van der Waals surface area contributed by atoms with E-state index in [0.717, 1.165) is 16.3 Å². The van der Waals surface area contributed by atoms with Crippen molar-refractivity contribution in [1.82, 2.24) is 9.66 Å². The van der Waals surface area contributed by atoms with Crippen LogP contribution in [-0.4, -0.2) is 29.2 Å². The first-order valence-electron chi connectivity index (χ1n) is 9.49. The van der Waals surface area contributed by atoms with E-state index in [9.17, 15) is 18.4 Å².